The van der Waals surface area contributed by atoms with Gasteiger partial charge in [0.05, 0.1) is 6.10 Å². The van der Waals surface area contributed by atoms with E-state index in [2.05, 4.69) is 0 Å². The molecule has 1 aliphatic rings. The van der Waals surface area contributed by atoms with Gasteiger partial charge in [0.15, 0.2) is 0 Å². The van der Waals surface area contributed by atoms with Crippen LogP contribution in [-0.2, 0) is 4.79 Å². The number of rotatable bonds is 3. The van der Waals surface area contributed by atoms with E-state index in [1.165, 1.54) is 6.92 Å². The SMILES string of the molecule is CC(O)CC1(C=O)CCC(F)(F)C1. The van der Waals surface area contributed by atoms with Crippen molar-refractivity contribution in [1.29, 1.82) is 0 Å². The van der Waals surface area contributed by atoms with Crippen LogP contribution in [0.2, 0.25) is 0 Å². The summed E-state index contributed by atoms with van der Waals surface area (Å²) in [4.78, 5) is 10.7. The van der Waals surface area contributed by atoms with Gasteiger partial charge in [-0.25, -0.2) is 8.78 Å². The second kappa shape index (κ2) is 3.33. The lowest BCUT2D eigenvalue weighted by atomic mass is 9.82. The van der Waals surface area contributed by atoms with Crippen molar-refractivity contribution in [2.24, 2.45) is 5.41 Å². The van der Waals surface area contributed by atoms with E-state index in [-0.39, 0.29) is 19.3 Å². The number of carbonyl (C=O) groups is 1. The predicted molar refractivity (Wildman–Crippen MR) is 43.6 cm³/mol. The molecule has 1 saturated carbocycles. The molecule has 0 bridgehead atoms. The lowest BCUT2D eigenvalue weighted by Crippen LogP contribution is -2.26. The molecule has 0 spiro atoms. The van der Waals surface area contributed by atoms with Crippen molar-refractivity contribution in [3.05, 3.63) is 0 Å². The van der Waals surface area contributed by atoms with Gasteiger partial charge >= 0.3 is 0 Å². The molecule has 4 heteroatoms. The molecule has 0 radical (unpaired) electrons. The molecular formula is C9H14F2O2. The smallest absolute Gasteiger partial charge is 0.249 e. The van der Waals surface area contributed by atoms with Gasteiger partial charge in [-0.15, -0.1) is 0 Å². The Morgan fingerprint density at radius 1 is 1.54 bits per heavy atom. The topological polar surface area (TPSA) is 37.3 Å². The highest BCUT2D eigenvalue weighted by Crippen LogP contribution is 2.48. The summed E-state index contributed by atoms with van der Waals surface area (Å²) in [5.41, 5.74) is -0.988. The predicted octanol–water partition coefficient (Wildman–Crippen LogP) is 1.76. The molecule has 13 heavy (non-hydrogen) atoms. The Morgan fingerprint density at radius 3 is 2.46 bits per heavy atom. The summed E-state index contributed by atoms with van der Waals surface area (Å²) in [5, 5.41) is 9.08. The van der Waals surface area contributed by atoms with Gasteiger partial charge in [-0.3, -0.25) is 0 Å². The number of aliphatic hydroxyl groups excluding tert-OH is 1. The van der Waals surface area contributed by atoms with E-state index >= 15 is 0 Å². The van der Waals surface area contributed by atoms with Crippen LogP contribution in [0.1, 0.15) is 32.6 Å². The Hall–Kier alpha value is -0.510. The van der Waals surface area contributed by atoms with Gasteiger partial charge in [0.1, 0.15) is 6.29 Å². The fraction of sp³-hybridized carbons (Fsp3) is 0.889. The molecule has 0 aromatic heterocycles. The Kier molecular flexibility index (Phi) is 2.71. The number of carbonyl (C=O) groups excluding carboxylic acids is 1. The molecule has 0 heterocycles. The van der Waals surface area contributed by atoms with Crippen LogP contribution < -0.4 is 0 Å². The second-order valence-electron chi connectivity index (χ2n) is 4.07. The zero-order valence-electron chi connectivity index (χ0n) is 7.59. The van der Waals surface area contributed by atoms with Gasteiger partial charge < -0.3 is 9.90 Å². The van der Waals surface area contributed by atoms with Gasteiger partial charge in [0.25, 0.3) is 0 Å². The van der Waals surface area contributed by atoms with E-state index in [0.29, 0.717) is 6.29 Å². The van der Waals surface area contributed by atoms with Gasteiger partial charge in [-0.2, -0.15) is 0 Å². The van der Waals surface area contributed by atoms with E-state index in [4.69, 9.17) is 5.11 Å². The summed E-state index contributed by atoms with van der Waals surface area (Å²) < 4.78 is 25.7. The molecule has 0 amide bonds. The number of aliphatic hydroxyl groups is 1. The number of aldehydes is 1. The Bertz CT molecular complexity index is 204. The van der Waals surface area contributed by atoms with Gasteiger partial charge in [0, 0.05) is 18.3 Å². The zero-order valence-corrected chi connectivity index (χ0v) is 7.59. The van der Waals surface area contributed by atoms with Crippen LogP contribution in [0.15, 0.2) is 0 Å². The Labute approximate surface area is 75.9 Å². The van der Waals surface area contributed by atoms with Crippen molar-refractivity contribution < 1.29 is 18.7 Å². The quantitative estimate of drug-likeness (QED) is 0.692. The van der Waals surface area contributed by atoms with Crippen LogP contribution in [0, 0.1) is 5.41 Å². The van der Waals surface area contributed by atoms with Crippen molar-refractivity contribution in [2.75, 3.05) is 0 Å². The van der Waals surface area contributed by atoms with Gasteiger partial charge in [-0.05, 0) is 19.8 Å². The van der Waals surface area contributed by atoms with E-state index < -0.39 is 23.9 Å². The van der Waals surface area contributed by atoms with E-state index in [0.717, 1.165) is 0 Å². The first kappa shape index (κ1) is 10.6. The maximum Gasteiger partial charge on any atom is 0.249 e. The molecule has 2 atom stereocenters. The lowest BCUT2D eigenvalue weighted by molar-refractivity contribution is -0.119. The third-order valence-corrected chi connectivity index (χ3v) is 2.55. The average molecular weight is 192 g/mol. The summed E-state index contributed by atoms with van der Waals surface area (Å²) in [6, 6.07) is 0. The first-order chi connectivity index (χ1) is 5.89. The van der Waals surface area contributed by atoms with Crippen molar-refractivity contribution >= 4 is 6.29 Å². The van der Waals surface area contributed by atoms with E-state index in [9.17, 15) is 13.6 Å². The summed E-state index contributed by atoms with van der Waals surface area (Å²) in [6.07, 6.45) is -0.423. The van der Waals surface area contributed by atoms with Crippen molar-refractivity contribution in [2.45, 2.75) is 44.6 Å². The third-order valence-electron chi connectivity index (χ3n) is 2.55. The first-order valence-electron chi connectivity index (χ1n) is 4.41. The largest absolute Gasteiger partial charge is 0.393 e. The van der Waals surface area contributed by atoms with Crippen LogP contribution in [-0.4, -0.2) is 23.4 Å². The van der Waals surface area contributed by atoms with Gasteiger partial charge in [0.2, 0.25) is 5.92 Å². The maximum absolute atomic E-state index is 12.8. The fourth-order valence-electron chi connectivity index (χ4n) is 2.03. The molecule has 2 nitrogen and oxygen atoms in total. The fourth-order valence-corrected chi connectivity index (χ4v) is 2.03. The molecular weight excluding hydrogens is 178 g/mol. The second-order valence-corrected chi connectivity index (χ2v) is 4.07. The van der Waals surface area contributed by atoms with E-state index in [1.54, 1.807) is 0 Å². The minimum atomic E-state index is -2.73. The molecule has 1 fully saturated rings. The van der Waals surface area contributed by atoms with Crippen LogP contribution in [0.25, 0.3) is 0 Å². The maximum atomic E-state index is 12.8. The minimum Gasteiger partial charge on any atom is -0.393 e. The standard InChI is InChI=1S/C9H14F2O2/c1-7(13)4-8(6-12)2-3-9(10,11)5-8/h6-7,13H,2-5H2,1H3. The third kappa shape index (κ3) is 2.46. The molecule has 0 aromatic carbocycles. The summed E-state index contributed by atoms with van der Waals surface area (Å²) in [7, 11) is 0. The van der Waals surface area contributed by atoms with Crippen LogP contribution >= 0.6 is 0 Å². The highest BCUT2D eigenvalue weighted by Gasteiger charge is 2.49. The molecule has 2 unspecified atom stereocenters. The average Bonchev–Trinajstić information content (AvgIpc) is 2.26. The summed E-state index contributed by atoms with van der Waals surface area (Å²) in [5.74, 6) is -2.73. The molecule has 0 saturated heterocycles. The lowest BCUT2D eigenvalue weighted by Gasteiger charge is -2.23. The van der Waals surface area contributed by atoms with Crippen LogP contribution in [0.3, 0.4) is 0 Å². The number of hydrogen-bond donors (Lipinski definition) is 1. The molecule has 1 N–H and O–H groups in total. The number of alkyl halides is 2. The first-order valence-corrected chi connectivity index (χ1v) is 4.41. The minimum absolute atomic E-state index is 0.145. The highest BCUT2D eigenvalue weighted by molar-refractivity contribution is 5.60. The van der Waals surface area contributed by atoms with Crippen molar-refractivity contribution in [3.8, 4) is 0 Å². The molecule has 76 valence electrons. The normalized spacial score (nSPS) is 34.5. The molecule has 1 aliphatic carbocycles. The highest BCUT2D eigenvalue weighted by atomic mass is 19.3. The summed E-state index contributed by atoms with van der Waals surface area (Å²) in [6.45, 7) is 1.52. The summed E-state index contributed by atoms with van der Waals surface area (Å²) >= 11 is 0. The monoisotopic (exact) mass is 192 g/mol. The molecule has 0 aliphatic heterocycles. The van der Waals surface area contributed by atoms with Crippen LogP contribution in [0.4, 0.5) is 8.78 Å². The number of halogens is 2. The van der Waals surface area contributed by atoms with E-state index in [1.807, 2.05) is 0 Å². The zero-order chi connectivity index (χ0) is 10.1. The Morgan fingerprint density at radius 2 is 2.15 bits per heavy atom. The Balaban J connectivity index is 2.68. The van der Waals surface area contributed by atoms with Gasteiger partial charge in [-0.1, -0.05) is 0 Å². The van der Waals surface area contributed by atoms with Crippen molar-refractivity contribution in [1.82, 2.24) is 0 Å². The number of hydrogen-bond acceptors (Lipinski definition) is 2. The van der Waals surface area contributed by atoms with Crippen molar-refractivity contribution in [3.63, 3.8) is 0 Å². The molecule has 0 aromatic rings. The van der Waals surface area contributed by atoms with Crippen LogP contribution in [0.5, 0.6) is 0 Å². The molecule has 1 rings (SSSR count).